The molecule has 1 aromatic rings. The Morgan fingerprint density at radius 3 is 2.62 bits per heavy atom. The first-order valence-electron chi connectivity index (χ1n) is 3.97. The molecule has 0 aliphatic heterocycles. The molecule has 13 heavy (non-hydrogen) atoms. The Balaban J connectivity index is 2.54. The molecule has 70 valence electrons. The molecule has 0 bridgehead atoms. The lowest BCUT2D eigenvalue weighted by molar-refractivity contribution is 0.610. The first-order chi connectivity index (χ1) is 6.04. The van der Waals surface area contributed by atoms with E-state index in [0.29, 0.717) is 4.47 Å². The van der Waals surface area contributed by atoms with Crippen molar-refractivity contribution in [2.75, 3.05) is 0 Å². The summed E-state index contributed by atoms with van der Waals surface area (Å²) in [6.45, 7) is 0. The summed E-state index contributed by atoms with van der Waals surface area (Å²) in [6, 6.07) is 3.33. The minimum absolute atomic E-state index is 0.125. The lowest BCUT2D eigenvalue weighted by Crippen LogP contribution is -2.19. The number of hydrogen-bond donors (Lipinski definition) is 1. The van der Waals surface area contributed by atoms with E-state index in [2.05, 4.69) is 15.9 Å². The average Bonchev–Trinajstić information content (AvgIpc) is 2.80. The largest absolute Gasteiger partial charge is 0.321 e. The molecule has 0 radical (unpaired) electrons. The van der Waals surface area contributed by atoms with Crippen LogP contribution in [0.4, 0.5) is 4.39 Å². The molecule has 1 fully saturated rings. The van der Waals surface area contributed by atoms with Gasteiger partial charge < -0.3 is 5.73 Å². The highest BCUT2D eigenvalue weighted by atomic mass is 79.9. The Labute approximate surface area is 89.2 Å². The fraction of sp³-hybridized carbons (Fsp3) is 0.333. The van der Waals surface area contributed by atoms with E-state index in [1.165, 1.54) is 0 Å². The molecule has 2 rings (SSSR count). The van der Waals surface area contributed by atoms with Crippen LogP contribution in [0.2, 0.25) is 5.02 Å². The van der Waals surface area contributed by atoms with E-state index in [-0.39, 0.29) is 10.6 Å². The second kappa shape index (κ2) is 2.94. The van der Waals surface area contributed by atoms with E-state index in [4.69, 9.17) is 17.3 Å². The zero-order valence-electron chi connectivity index (χ0n) is 6.78. The zero-order chi connectivity index (χ0) is 9.64. The van der Waals surface area contributed by atoms with E-state index in [9.17, 15) is 4.39 Å². The van der Waals surface area contributed by atoms with E-state index in [1.807, 2.05) is 0 Å². The molecular weight excluding hydrogens is 256 g/mol. The molecule has 2 N–H and O–H groups in total. The van der Waals surface area contributed by atoms with Crippen molar-refractivity contribution in [3.05, 3.63) is 33.0 Å². The first kappa shape index (κ1) is 9.44. The standard InChI is InChI=1S/C9H8BrClFN/c10-7-5(9(13)3-4-9)1-2-6(11)8(7)12/h1-2H,3-4,13H2. The third-order valence-corrected chi connectivity index (χ3v) is 3.43. The van der Waals surface area contributed by atoms with Crippen LogP contribution >= 0.6 is 27.5 Å². The van der Waals surface area contributed by atoms with Crippen LogP contribution in [-0.4, -0.2) is 0 Å². The number of benzene rings is 1. The fourth-order valence-electron chi connectivity index (χ4n) is 1.31. The van der Waals surface area contributed by atoms with Gasteiger partial charge in [0.1, 0.15) is 0 Å². The molecule has 0 amide bonds. The van der Waals surface area contributed by atoms with Crippen molar-refractivity contribution < 1.29 is 4.39 Å². The molecular formula is C9H8BrClFN. The van der Waals surface area contributed by atoms with Crippen molar-refractivity contribution in [1.29, 1.82) is 0 Å². The molecule has 4 heteroatoms. The number of halogens is 3. The maximum atomic E-state index is 13.3. The van der Waals surface area contributed by atoms with Gasteiger partial charge in [-0.2, -0.15) is 0 Å². The van der Waals surface area contributed by atoms with Gasteiger partial charge in [-0.3, -0.25) is 0 Å². The second-order valence-corrected chi connectivity index (χ2v) is 4.58. The van der Waals surface area contributed by atoms with Crippen LogP contribution in [0, 0.1) is 5.82 Å². The summed E-state index contributed by atoms with van der Waals surface area (Å²) < 4.78 is 13.7. The maximum Gasteiger partial charge on any atom is 0.156 e. The molecule has 0 unspecified atom stereocenters. The second-order valence-electron chi connectivity index (χ2n) is 3.38. The maximum absolute atomic E-state index is 13.3. The third-order valence-electron chi connectivity index (χ3n) is 2.36. The van der Waals surface area contributed by atoms with E-state index >= 15 is 0 Å². The number of nitrogens with two attached hydrogens (primary N) is 1. The predicted molar refractivity (Wildman–Crippen MR) is 54.2 cm³/mol. The van der Waals surface area contributed by atoms with Gasteiger partial charge in [-0.25, -0.2) is 4.39 Å². The SMILES string of the molecule is NC1(c2ccc(Cl)c(F)c2Br)CC1. The molecule has 0 aromatic heterocycles. The first-order valence-corrected chi connectivity index (χ1v) is 5.14. The van der Waals surface area contributed by atoms with Gasteiger partial charge in [0.05, 0.1) is 9.50 Å². The smallest absolute Gasteiger partial charge is 0.156 e. The van der Waals surface area contributed by atoms with Crippen molar-refractivity contribution in [3.63, 3.8) is 0 Å². The summed E-state index contributed by atoms with van der Waals surface area (Å²) in [7, 11) is 0. The van der Waals surface area contributed by atoms with Crippen molar-refractivity contribution in [2.45, 2.75) is 18.4 Å². The monoisotopic (exact) mass is 263 g/mol. The van der Waals surface area contributed by atoms with Gasteiger partial charge in [0.15, 0.2) is 5.82 Å². The molecule has 0 atom stereocenters. The summed E-state index contributed by atoms with van der Waals surface area (Å²) >= 11 is 8.78. The molecule has 1 aliphatic rings. The summed E-state index contributed by atoms with van der Waals surface area (Å²) in [5.41, 5.74) is 6.43. The Morgan fingerprint density at radius 2 is 2.08 bits per heavy atom. The summed E-state index contributed by atoms with van der Waals surface area (Å²) in [4.78, 5) is 0. The van der Waals surface area contributed by atoms with Crippen molar-refractivity contribution >= 4 is 27.5 Å². The van der Waals surface area contributed by atoms with Crippen LogP contribution in [0.1, 0.15) is 18.4 Å². The molecule has 0 saturated heterocycles. The topological polar surface area (TPSA) is 26.0 Å². The third kappa shape index (κ3) is 1.49. The summed E-state index contributed by atoms with van der Waals surface area (Å²) in [5.74, 6) is -0.420. The Kier molecular flexibility index (Phi) is 2.13. The van der Waals surface area contributed by atoms with Gasteiger partial charge >= 0.3 is 0 Å². The van der Waals surface area contributed by atoms with Gasteiger partial charge in [-0.15, -0.1) is 0 Å². The van der Waals surface area contributed by atoms with Gasteiger partial charge in [0.25, 0.3) is 0 Å². The van der Waals surface area contributed by atoms with Gasteiger partial charge in [0.2, 0.25) is 0 Å². The molecule has 1 saturated carbocycles. The molecule has 0 heterocycles. The Hall–Kier alpha value is -0.120. The van der Waals surface area contributed by atoms with Crippen LogP contribution in [0.25, 0.3) is 0 Å². The van der Waals surface area contributed by atoms with E-state index in [0.717, 1.165) is 18.4 Å². The lowest BCUT2D eigenvalue weighted by atomic mass is 10.1. The van der Waals surface area contributed by atoms with Crippen molar-refractivity contribution in [2.24, 2.45) is 5.73 Å². The Bertz CT molecular complexity index is 363. The summed E-state index contributed by atoms with van der Waals surface area (Å²) in [5, 5.41) is 0.125. The van der Waals surface area contributed by atoms with Gasteiger partial charge in [-0.05, 0) is 40.4 Å². The normalized spacial score (nSPS) is 18.8. The highest BCUT2D eigenvalue weighted by molar-refractivity contribution is 9.10. The molecule has 0 spiro atoms. The Morgan fingerprint density at radius 1 is 1.46 bits per heavy atom. The number of hydrogen-bond acceptors (Lipinski definition) is 1. The zero-order valence-corrected chi connectivity index (χ0v) is 9.12. The van der Waals surface area contributed by atoms with Crippen molar-refractivity contribution in [1.82, 2.24) is 0 Å². The average molecular weight is 265 g/mol. The lowest BCUT2D eigenvalue weighted by Gasteiger charge is -2.12. The molecule has 1 nitrogen and oxygen atoms in total. The minimum Gasteiger partial charge on any atom is -0.321 e. The van der Waals surface area contributed by atoms with Gasteiger partial charge in [0, 0.05) is 5.54 Å². The minimum atomic E-state index is -0.420. The van der Waals surface area contributed by atoms with E-state index < -0.39 is 5.82 Å². The van der Waals surface area contributed by atoms with Crippen LogP contribution in [0.5, 0.6) is 0 Å². The van der Waals surface area contributed by atoms with Crippen LogP contribution in [0.15, 0.2) is 16.6 Å². The van der Waals surface area contributed by atoms with Crippen LogP contribution in [0.3, 0.4) is 0 Å². The summed E-state index contributed by atoms with van der Waals surface area (Å²) in [6.07, 6.45) is 1.82. The molecule has 1 aliphatic carbocycles. The molecule has 1 aromatic carbocycles. The quantitative estimate of drug-likeness (QED) is 0.775. The highest BCUT2D eigenvalue weighted by Gasteiger charge is 2.42. The van der Waals surface area contributed by atoms with Gasteiger partial charge in [-0.1, -0.05) is 17.7 Å². The highest BCUT2D eigenvalue weighted by Crippen LogP contribution is 2.46. The predicted octanol–water partition coefficient (Wildman–Crippen LogP) is 3.19. The number of rotatable bonds is 1. The van der Waals surface area contributed by atoms with Crippen LogP contribution in [-0.2, 0) is 5.54 Å². The fourth-order valence-corrected chi connectivity index (χ4v) is 2.33. The van der Waals surface area contributed by atoms with Crippen molar-refractivity contribution in [3.8, 4) is 0 Å². The van der Waals surface area contributed by atoms with Crippen LogP contribution < -0.4 is 5.73 Å². The van der Waals surface area contributed by atoms with E-state index in [1.54, 1.807) is 12.1 Å².